The monoisotopic (exact) mass is 327 g/mol. The zero-order valence-corrected chi connectivity index (χ0v) is 15.8. The van der Waals surface area contributed by atoms with Gasteiger partial charge in [0.05, 0.1) is 11.6 Å². The molecule has 0 amide bonds. The Kier molecular flexibility index (Phi) is 6.72. The summed E-state index contributed by atoms with van der Waals surface area (Å²) in [6.45, 7) is 9.04. The lowest BCUT2D eigenvalue weighted by atomic mass is 9.66. The van der Waals surface area contributed by atoms with Gasteiger partial charge in [-0.1, -0.05) is 47.0 Å². The van der Waals surface area contributed by atoms with Crippen molar-refractivity contribution in [2.24, 2.45) is 17.8 Å². The smallest absolute Gasteiger partial charge is 0.120 e. The number of aromatic hydroxyl groups is 1. The van der Waals surface area contributed by atoms with Crippen LogP contribution < -0.4 is 0 Å². The van der Waals surface area contributed by atoms with Gasteiger partial charge >= 0.3 is 0 Å². The average molecular weight is 328 g/mol. The first-order valence-electron chi connectivity index (χ1n) is 9.73. The average Bonchev–Trinajstić information content (AvgIpc) is 2.54. The van der Waals surface area contributed by atoms with Crippen molar-refractivity contribution in [2.75, 3.05) is 0 Å². The molecule has 0 unspecified atom stereocenters. The Bertz CT molecular complexity index is 584. The van der Waals surface area contributed by atoms with Gasteiger partial charge in [-0.05, 0) is 67.1 Å². The van der Waals surface area contributed by atoms with E-state index < -0.39 is 0 Å². The van der Waals surface area contributed by atoms with E-state index in [2.05, 4.69) is 33.8 Å². The van der Waals surface area contributed by atoms with Crippen molar-refractivity contribution in [3.8, 4) is 11.8 Å². The fourth-order valence-electron chi connectivity index (χ4n) is 4.44. The lowest BCUT2D eigenvalue weighted by Gasteiger charge is -2.38. The van der Waals surface area contributed by atoms with Gasteiger partial charge in [-0.3, -0.25) is 0 Å². The van der Waals surface area contributed by atoms with Gasteiger partial charge in [-0.2, -0.15) is 5.26 Å². The van der Waals surface area contributed by atoms with Crippen molar-refractivity contribution in [3.05, 3.63) is 28.8 Å². The molecule has 0 aliphatic heterocycles. The summed E-state index contributed by atoms with van der Waals surface area (Å²) < 4.78 is 0. The van der Waals surface area contributed by atoms with Crippen LogP contribution in [0.25, 0.3) is 0 Å². The molecule has 0 radical (unpaired) electrons. The van der Waals surface area contributed by atoms with Crippen molar-refractivity contribution in [1.29, 1.82) is 5.26 Å². The minimum atomic E-state index is 0.313. The molecular weight excluding hydrogens is 294 g/mol. The minimum Gasteiger partial charge on any atom is -0.508 e. The fraction of sp³-hybridized carbons (Fsp3) is 0.682. The lowest BCUT2D eigenvalue weighted by Crippen LogP contribution is -2.26. The van der Waals surface area contributed by atoms with Crippen LogP contribution in [0.5, 0.6) is 5.75 Å². The number of hydrogen-bond donors (Lipinski definition) is 1. The van der Waals surface area contributed by atoms with E-state index in [1.165, 1.54) is 25.7 Å². The van der Waals surface area contributed by atoms with Crippen LogP contribution in [0.2, 0.25) is 0 Å². The lowest BCUT2D eigenvalue weighted by molar-refractivity contribution is 0.194. The quantitative estimate of drug-likeness (QED) is 0.635. The molecule has 1 aliphatic rings. The van der Waals surface area contributed by atoms with Gasteiger partial charge < -0.3 is 5.11 Å². The molecule has 0 bridgehead atoms. The van der Waals surface area contributed by atoms with E-state index in [9.17, 15) is 10.4 Å². The molecule has 1 fully saturated rings. The number of nitrogens with zero attached hydrogens (tertiary/aromatic N) is 1. The molecule has 24 heavy (non-hydrogen) atoms. The maximum atomic E-state index is 10.7. The van der Waals surface area contributed by atoms with E-state index in [0.717, 1.165) is 30.4 Å². The second kappa shape index (κ2) is 8.56. The molecule has 1 aliphatic carbocycles. The third-order valence-corrected chi connectivity index (χ3v) is 5.80. The minimum absolute atomic E-state index is 0.313. The Morgan fingerprint density at radius 2 is 2.00 bits per heavy atom. The molecule has 2 heteroatoms. The zero-order chi connectivity index (χ0) is 17.7. The third-order valence-electron chi connectivity index (χ3n) is 5.80. The van der Waals surface area contributed by atoms with Gasteiger partial charge in [0, 0.05) is 5.56 Å². The molecule has 0 aromatic heterocycles. The highest BCUT2D eigenvalue weighted by molar-refractivity contribution is 5.51. The number of nitriles is 1. The van der Waals surface area contributed by atoms with Gasteiger partial charge in [0.1, 0.15) is 5.75 Å². The Balaban J connectivity index is 2.35. The van der Waals surface area contributed by atoms with Crippen LogP contribution in [0.1, 0.15) is 88.8 Å². The molecule has 0 saturated heterocycles. The Morgan fingerprint density at radius 3 is 2.62 bits per heavy atom. The van der Waals surface area contributed by atoms with Crippen LogP contribution in [0, 0.1) is 29.1 Å². The first kappa shape index (κ1) is 18.8. The highest BCUT2D eigenvalue weighted by atomic mass is 16.3. The topological polar surface area (TPSA) is 44.0 Å². The van der Waals surface area contributed by atoms with Crippen LogP contribution in [-0.4, -0.2) is 5.11 Å². The summed E-state index contributed by atoms with van der Waals surface area (Å²) in [6, 6.07) is 6.33. The summed E-state index contributed by atoms with van der Waals surface area (Å²) in [7, 11) is 0. The first-order valence-corrected chi connectivity index (χ1v) is 9.73. The van der Waals surface area contributed by atoms with Crippen molar-refractivity contribution < 1.29 is 5.11 Å². The number of phenolic OH excluding ortho intramolecular Hbond substituents is 1. The van der Waals surface area contributed by atoms with Crippen LogP contribution in [0.3, 0.4) is 0 Å². The Morgan fingerprint density at radius 1 is 1.25 bits per heavy atom. The van der Waals surface area contributed by atoms with E-state index in [4.69, 9.17) is 0 Å². The van der Waals surface area contributed by atoms with Gasteiger partial charge in [0.15, 0.2) is 0 Å². The van der Waals surface area contributed by atoms with Crippen LogP contribution in [0.4, 0.5) is 0 Å². The van der Waals surface area contributed by atoms with E-state index >= 15 is 0 Å². The standard InChI is InChI=1S/C22H33NO/c1-5-6-7-8-17-12-18(14-23)22(21(24)13-17)20-11-16(4)9-10-19(20)15(2)3/h12-13,15-16,19-20,24H,5-11H2,1-4H3/t16-,19-,20+/m0/s1. The predicted molar refractivity (Wildman–Crippen MR) is 100 cm³/mol. The van der Waals surface area contributed by atoms with Gasteiger partial charge in [0.2, 0.25) is 0 Å². The van der Waals surface area contributed by atoms with E-state index in [-0.39, 0.29) is 0 Å². The van der Waals surface area contributed by atoms with E-state index in [0.29, 0.717) is 35.0 Å². The first-order chi connectivity index (χ1) is 11.5. The largest absolute Gasteiger partial charge is 0.508 e. The second-order valence-corrected chi connectivity index (χ2v) is 8.08. The van der Waals surface area contributed by atoms with Crippen molar-refractivity contribution in [3.63, 3.8) is 0 Å². The molecule has 132 valence electrons. The van der Waals surface area contributed by atoms with Gasteiger partial charge in [-0.25, -0.2) is 0 Å². The highest BCUT2D eigenvalue weighted by Gasteiger charge is 2.34. The summed E-state index contributed by atoms with van der Waals surface area (Å²) in [5.74, 6) is 2.47. The number of unbranched alkanes of at least 4 members (excludes halogenated alkanes) is 2. The fourth-order valence-corrected chi connectivity index (χ4v) is 4.44. The normalized spacial score (nSPS) is 24.1. The Hall–Kier alpha value is -1.49. The van der Waals surface area contributed by atoms with E-state index in [1.54, 1.807) is 0 Å². The number of rotatable bonds is 6. The number of aryl methyl sites for hydroxylation is 1. The highest BCUT2D eigenvalue weighted by Crippen LogP contribution is 2.47. The molecule has 1 saturated carbocycles. The summed E-state index contributed by atoms with van der Waals surface area (Å²) in [5.41, 5.74) is 2.72. The van der Waals surface area contributed by atoms with Crippen LogP contribution >= 0.6 is 0 Å². The second-order valence-electron chi connectivity index (χ2n) is 8.08. The Labute approximate surface area is 147 Å². The van der Waals surface area contributed by atoms with Crippen molar-refractivity contribution in [2.45, 2.75) is 78.6 Å². The number of hydrogen-bond acceptors (Lipinski definition) is 2. The van der Waals surface area contributed by atoms with Crippen molar-refractivity contribution >= 4 is 0 Å². The molecular formula is C22H33NO. The molecule has 2 rings (SSSR count). The summed E-state index contributed by atoms with van der Waals surface area (Å²) in [6.07, 6.45) is 7.99. The SMILES string of the molecule is CCCCCc1cc(O)c([C@@H]2C[C@@H](C)CC[C@H]2C(C)C)c(C#N)c1. The van der Waals surface area contributed by atoms with Crippen LogP contribution in [0.15, 0.2) is 12.1 Å². The molecule has 3 atom stereocenters. The maximum absolute atomic E-state index is 10.7. The molecule has 1 N–H and O–H groups in total. The molecule has 0 heterocycles. The van der Waals surface area contributed by atoms with Crippen molar-refractivity contribution in [1.82, 2.24) is 0 Å². The summed E-state index contributed by atoms with van der Waals surface area (Å²) in [4.78, 5) is 0. The van der Waals surface area contributed by atoms with Gasteiger partial charge in [-0.15, -0.1) is 0 Å². The van der Waals surface area contributed by atoms with Gasteiger partial charge in [0.25, 0.3) is 0 Å². The molecule has 1 aromatic carbocycles. The predicted octanol–water partition coefficient (Wildman–Crippen LogP) is 6.17. The van der Waals surface area contributed by atoms with Crippen LogP contribution in [-0.2, 0) is 6.42 Å². The maximum Gasteiger partial charge on any atom is 0.120 e. The zero-order valence-electron chi connectivity index (χ0n) is 15.8. The summed E-state index contributed by atoms with van der Waals surface area (Å²) in [5, 5.41) is 20.4. The summed E-state index contributed by atoms with van der Waals surface area (Å²) >= 11 is 0. The number of benzene rings is 1. The molecule has 2 nitrogen and oxygen atoms in total. The molecule has 0 spiro atoms. The number of phenols is 1. The third kappa shape index (κ3) is 4.32. The van der Waals surface area contributed by atoms with E-state index in [1.807, 2.05) is 12.1 Å². The molecule has 1 aromatic rings.